The van der Waals surface area contributed by atoms with Crippen LogP contribution in [0.3, 0.4) is 0 Å². The Morgan fingerprint density at radius 3 is 2.58 bits per heavy atom. The number of nitrogens with zero attached hydrogens (tertiary/aromatic N) is 3. The van der Waals surface area contributed by atoms with E-state index in [0.717, 1.165) is 29.6 Å². The van der Waals surface area contributed by atoms with Gasteiger partial charge in [0.15, 0.2) is 5.69 Å². The van der Waals surface area contributed by atoms with Gasteiger partial charge in [-0.2, -0.15) is 5.10 Å². The Morgan fingerprint density at radius 1 is 1.08 bits per heavy atom. The van der Waals surface area contributed by atoms with Crippen molar-refractivity contribution in [2.24, 2.45) is 0 Å². The van der Waals surface area contributed by atoms with Gasteiger partial charge in [-0.15, -0.1) is 0 Å². The number of anilines is 1. The maximum absolute atomic E-state index is 12.8. The van der Waals surface area contributed by atoms with Crippen LogP contribution in [0.15, 0.2) is 48.5 Å². The summed E-state index contributed by atoms with van der Waals surface area (Å²) < 4.78 is 0. The number of nitrogens with one attached hydrogen (secondary N) is 1. The fraction of sp³-hybridized carbons (Fsp3) is 0.333. The number of aromatic amines is 1. The average Bonchev–Trinajstić information content (AvgIpc) is 3.13. The minimum absolute atomic E-state index is 0.0671. The molecule has 5 heteroatoms. The molecule has 134 valence electrons. The molecule has 0 bridgehead atoms. The number of carbonyl (C=O) groups is 1. The molecule has 0 unspecified atom stereocenters. The third kappa shape index (κ3) is 3.29. The molecule has 1 amide bonds. The smallest absolute Gasteiger partial charge is 0.275 e. The molecule has 1 aliphatic rings. The molecule has 1 aliphatic heterocycles. The zero-order valence-corrected chi connectivity index (χ0v) is 15.1. The molecule has 4 rings (SSSR count). The molecule has 0 atom stereocenters. The summed E-state index contributed by atoms with van der Waals surface area (Å²) in [4.78, 5) is 16.9. The van der Waals surface area contributed by atoms with E-state index in [-0.39, 0.29) is 5.91 Å². The van der Waals surface area contributed by atoms with Gasteiger partial charge in [-0.3, -0.25) is 9.89 Å². The zero-order valence-electron chi connectivity index (χ0n) is 15.1. The summed E-state index contributed by atoms with van der Waals surface area (Å²) in [7, 11) is 1.82. The third-order valence-corrected chi connectivity index (χ3v) is 5.10. The summed E-state index contributed by atoms with van der Waals surface area (Å²) in [5.74, 6) is -0.0671. The predicted molar refractivity (Wildman–Crippen MR) is 104 cm³/mol. The van der Waals surface area contributed by atoms with Gasteiger partial charge < -0.3 is 9.80 Å². The van der Waals surface area contributed by atoms with E-state index in [1.807, 2.05) is 31.3 Å². The maximum Gasteiger partial charge on any atom is 0.275 e. The number of aromatic nitrogens is 2. The van der Waals surface area contributed by atoms with Gasteiger partial charge in [0, 0.05) is 37.8 Å². The van der Waals surface area contributed by atoms with E-state index in [9.17, 15) is 4.79 Å². The lowest BCUT2D eigenvalue weighted by atomic mass is 10.1. The number of H-pyrrole nitrogens is 1. The summed E-state index contributed by atoms with van der Waals surface area (Å²) in [6.07, 6.45) is 3.89. The molecule has 1 aromatic heterocycles. The second-order valence-electron chi connectivity index (χ2n) is 6.99. The van der Waals surface area contributed by atoms with Gasteiger partial charge in [0.2, 0.25) is 0 Å². The third-order valence-electron chi connectivity index (χ3n) is 5.10. The van der Waals surface area contributed by atoms with E-state index in [0.29, 0.717) is 12.2 Å². The minimum Gasteiger partial charge on any atom is -0.372 e. The number of rotatable bonds is 4. The number of benzene rings is 2. The summed E-state index contributed by atoms with van der Waals surface area (Å²) in [5.41, 5.74) is 3.77. The van der Waals surface area contributed by atoms with Gasteiger partial charge >= 0.3 is 0 Å². The Hall–Kier alpha value is -2.82. The molecule has 26 heavy (non-hydrogen) atoms. The minimum atomic E-state index is -0.0671. The molecule has 2 aromatic carbocycles. The van der Waals surface area contributed by atoms with Crippen LogP contribution in [-0.4, -0.2) is 41.1 Å². The molecular formula is C21H24N4O. The van der Waals surface area contributed by atoms with Crippen molar-refractivity contribution in [1.82, 2.24) is 15.1 Å². The Bertz CT molecular complexity index is 894. The van der Waals surface area contributed by atoms with Crippen molar-refractivity contribution in [3.63, 3.8) is 0 Å². The largest absolute Gasteiger partial charge is 0.372 e. The molecular weight excluding hydrogens is 324 g/mol. The first-order chi connectivity index (χ1) is 12.7. The van der Waals surface area contributed by atoms with Crippen LogP contribution in [0.1, 0.15) is 35.3 Å². The Morgan fingerprint density at radius 2 is 1.81 bits per heavy atom. The SMILES string of the molecule is CN(Cc1ccc(N2CCCCC2)cc1)C(=O)c1n[nH]c2ccccc12. The van der Waals surface area contributed by atoms with Crippen molar-refractivity contribution in [2.45, 2.75) is 25.8 Å². The van der Waals surface area contributed by atoms with E-state index in [1.165, 1.54) is 24.9 Å². The first-order valence-electron chi connectivity index (χ1n) is 9.25. The van der Waals surface area contributed by atoms with Crippen LogP contribution >= 0.6 is 0 Å². The number of para-hydroxylation sites is 1. The molecule has 1 N–H and O–H groups in total. The zero-order chi connectivity index (χ0) is 17.9. The number of amides is 1. The molecule has 0 saturated carbocycles. The summed E-state index contributed by atoms with van der Waals surface area (Å²) >= 11 is 0. The first kappa shape index (κ1) is 16.6. The summed E-state index contributed by atoms with van der Waals surface area (Å²) in [6.45, 7) is 2.86. The van der Waals surface area contributed by atoms with Gasteiger partial charge in [-0.25, -0.2) is 0 Å². The van der Waals surface area contributed by atoms with Gasteiger partial charge in [0.1, 0.15) is 0 Å². The predicted octanol–water partition coefficient (Wildman–Crippen LogP) is 3.83. The van der Waals surface area contributed by atoms with Gasteiger partial charge in [-0.1, -0.05) is 30.3 Å². The van der Waals surface area contributed by atoms with E-state index < -0.39 is 0 Å². The Labute approximate surface area is 153 Å². The Kier molecular flexibility index (Phi) is 4.61. The normalized spacial score (nSPS) is 14.6. The van der Waals surface area contributed by atoms with Crippen LogP contribution in [0.25, 0.3) is 10.9 Å². The highest BCUT2D eigenvalue weighted by Crippen LogP contribution is 2.21. The van der Waals surface area contributed by atoms with Crippen molar-refractivity contribution in [3.8, 4) is 0 Å². The molecule has 3 aromatic rings. The van der Waals surface area contributed by atoms with Crippen molar-refractivity contribution in [3.05, 3.63) is 59.8 Å². The number of piperidine rings is 1. The Balaban J connectivity index is 1.45. The fourth-order valence-electron chi connectivity index (χ4n) is 3.62. The standard InChI is InChI=1S/C21H24N4O/c1-24(21(26)20-18-7-3-4-8-19(18)22-23-20)15-16-9-11-17(12-10-16)25-13-5-2-6-14-25/h3-4,7-12H,2,5-6,13-15H2,1H3,(H,22,23). The molecule has 0 spiro atoms. The molecule has 5 nitrogen and oxygen atoms in total. The van der Waals surface area contributed by atoms with Crippen molar-refractivity contribution >= 4 is 22.5 Å². The highest BCUT2D eigenvalue weighted by Gasteiger charge is 2.18. The number of fused-ring (bicyclic) bond motifs is 1. The van der Waals surface area contributed by atoms with Gasteiger partial charge in [-0.05, 0) is 43.0 Å². The molecule has 1 saturated heterocycles. The van der Waals surface area contributed by atoms with E-state index >= 15 is 0 Å². The van der Waals surface area contributed by atoms with Crippen molar-refractivity contribution < 1.29 is 4.79 Å². The van der Waals surface area contributed by atoms with Crippen LogP contribution in [0, 0.1) is 0 Å². The molecule has 0 aliphatic carbocycles. The van der Waals surface area contributed by atoms with Crippen LogP contribution < -0.4 is 4.90 Å². The lowest BCUT2D eigenvalue weighted by Gasteiger charge is -2.29. The highest BCUT2D eigenvalue weighted by atomic mass is 16.2. The average molecular weight is 348 g/mol. The quantitative estimate of drug-likeness (QED) is 0.780. The summed E-state index contributed by atoms with van der Waals surface area (Å²) in [5, 5.41) is 8.00. The monoisotopic (exact) mass is 348 g/mol. The lowest BCUT2D eigenvalue weighted by Crippen LogP contribution is -2.29. The van der Waals surface area contributed by atoms with Crippen LogP contribution in [0.4, 0.5) is 5.69 Å². The maximum atomic E-state index is 12.8. The van der Waals surface area contributed by atoms with E-state index in [1.54, 1.807) is 4.90 Å². The summed E-state index contributed by atoms with van der Waals surface area (Å²) in [6, 6.07) is 16.3. The van der Waals surface area contributed by atoms with Crippen LogP contribution in [0.2, 0.25) is 0 Å². The van der Waals surface area contributed by atoms with Gasteiger partial charge in [0.05, 0.1) is 5.52 Å². The van der Waals surface area contributed by atoms with E-state index in [2.05, 4.69) is 39.4 Å². The van der Waals surface area contributed by atoms with E-state index in [4.69, 9.17) is 0 Å². The molecule has 1 fully saturated rings. The topological polar surface area (TPSA) is 52.2 Å². The second kappa shape index (κ2) is 7.20. The number of hydrogen-bond donors (Lipinski definition) is 1. The van der Waals surface area contributed by atoms with Gasteiger partial charge in [0.25, 0.3) is 5.91 Å². The number of carbonyl (C=O) groups excluding carboxylic acids is 1. The first-order valence-corrected chi connectivity index (χ1v) is 9.25. The number of hydrogen-bond acceptors (Lipinski definition) is 3. The van der Waals surface area contributed by atoms with Crippen LogP contribution in [0.5, 0.6) is 0 Å². The van der Waals surface area contributed by atoms with Crippen LogP contribution in [-0.2, 0) is 6.54 Å². The molecule has 0 radical (unpaired) electrons. The second-order valence-corrected chi connectivity index (χ2v) is 6.99. The van der Waals surface area contributed by atoms with Crippen molar-refractivity contribution in [1.29, 1.82) is 0 Å². The van der Waals surface area contributed by atoms with Crippen molar-refractivity contribution in [2.75, 3.05) is 25.0 Å². The fourth-order valence-corrected chi connectivity index (χ4v) is 3.62. The molecule has 2 heterocycles. The highest BCUT2D eigenvalue weighted by molar-refractivity contribution is 6.04. The lowest BCUT2D eigenvalue weighted by molar-refractivity contribution is 0.0781.